The topological polar surface area (TPSA) is 47.0 Å². The molecule has 0 aliphatic carbocycles. The van der Waals surface area contributed by atoms with Gasteiger partial charge in [-0.25, -0.2) is 14.4 Å². The molecule has 1 aliphatic rings. The van der Waals surface area contributed by atoms with Crippen molar-refractivity contribution in [2.24, 2.45) is 0 Å². The third-order valence-corrected chi connectivity index (χ3v) is 3.20. The van der Waals surface area contributed by atoms with Crippen molar-refractivity contribution in [3.8, 4) is 11.6 Å². The third kappa shape index (κ3) is 2.29. The van der Waals surface area contributed by atoms with E-state index >= 15 is 0 Å². The van der Waals surface area contributed by atoms with Crippen LogP contribution in [0, 0.1) is 12.7 Å². The maximum absolute atomic E-state index is 13.9. The predicted octanol–water partition coefficient (Wildman–Crippen LogP) is 2.36. The van der Waals surface area contributed by atoms with Crippen LogP contribution in [0.15, 0.2) is 24.5 Å². The fraction of sp³-hybridized carbons (Fsp3) is 0.286. The first-order valence-electron chi connectivity index (χ1n) is 6.22. The highest BCUT2D eigenvalue weighted by atomic mass is 19.1. The molecule has 1 aromatic carbocycles. The Morgan fingerprint density at radius 1 is 1.32 bits per heavy atom. The molecule has 19 heavy (non-hydrogen) atoms. The highest BCUT2D eigenvalue weighted by Gasteiger charge is 2.17. The number of hydrogen-bond donors (Lipinski definition) is 1. The number of fused-ring (bicyclic) bond motifs is 1. The molecule has 4 nitrogen and oxygen atoms in total. The molecule has 2 aromatic rings. The molecule has 0 spiro atoms. The molecule has 0 saturated carbocycles. The molecule has 1 N–H and O–H groups in total. The fourth-order valence-electron chi connectivity index (χ4n) is 2.13. The summed E-state index contributed by atoms with van der Waals surface area (Å²) < 4.78 is 19.6. The van der Waals surface area contributed by atoms with Crippen LogP contribution < -0.4 is 10.1 Å². The molecular formula is C14H14FN3O. The number of ether oxygens (including phenoxy) is 1. The summed E-state index contributed by atoms with van der Waals surface area (Å²) in [6.45, 7) is 3.25. The minimum absolute atomic E-state index is 0.200. The smallest absolute Gasteiger partial charge is 0.227 e. The van der Waals surface area contributed by atoms with Crippen LogP contribution in [0.3, 0.4) is 0 Å². The Morgan fingerprint density at radius 3 is 3.11 bits per heavy atom. The zero-order valence-corrected chi connectivity index (χ0v) is 10.6. The molecule has 1 aromatic heterocycles. The van der Waals surface area contributed by atoms with Crippen LogP contribution in [0.1, 0.15) is 16.8 Å². The SMILES string of the molecule is Cc1cccc(Oc2ncnc3c2CNCC3)c1F. The largest absolute Gasteiger partial charge is 0.435 e. The van der Waals surface area contributed by atoms with Crippen LogP contribution in [0.2, 0.25) is 0 Å². The minimum atomic E-state index is -0.348. The van der Waals surface area contributed by atoms with Crippen LogP contribution >= 0.6 is 0 Å². The lowest BCUT2D eigenvalue weighted by atomic mass is 10.1. The number of nitrogens with zero attached hydrogens (tertiary/aromatic N) is 2. The van der Waals surface area contributed by atoms with Gasteiger partial charge in [-0.3, -0.25) is 0 Å². The van der Waals surface area contributed by atoms with Crippen LogP contribution in [-0.4, -0.2) is 16.5 Å². The Morgan fingerprint density at radius 2 is 2.21 bits per heavy atom. The van der Waals surface area contributed by atoms with Gasteiger partial charge in [-0.2, -0.15) is 0 Å². The van der Waals surface area contributed by atoms with Crippen LogP contribution in [0.4, 0.5) is 4.39 Å². The number of nitrogens with one attached hydrogen (secondary N) is 1. The molecule has 0 amide bonds. The molecular weight excluding hydrogens is 245 g/mol. The summed E-state index contributed by atoms with van der Waals surface area (Å²) in [7, 11) is 0. The summed E-state index contributed by atoms with van der Waals surface area (Å²) in [6, 6.07) is 5.08. The molecule has 0 radical (unpaired) electrons. The molecule has 5 heteroatoms. The van der Waals surface area contributed by atoms with Crippen molar-refractivity contribution < 1.29 is 9.13 Å². The number of aromatic nitrogens is 2. The monoisotopic (exact) mass is 259 g/mol. The van der Waals surface area contributed by atoms with Gasteiger partial charge in [0.05, 0.1) is 11.3 Å². The van der Waals surface area contributed by atoms with E-state index < -0.39 is 0 Å². The van der Waals surface area contributed by atoms with Gasteiger partial charge >= 0.3 is 0 Å². The number of benzene rings is 1. The lowest BCUT2D eigenvalue weighted by Gasteiger charge is -2.18. The summed E-state index contributed by atoms with van der Waals surface area (Å²) in [5.74, 6) is 0.284. The first-order valence-corrected chi connectivity index (χ1v) is 6.22. The van der Waals surface area contributed by atoms with Gasteiger partial charge in [0, 0.05) is 19.5 Å². The van der Waals surface area contributed by atoms with Gasteiger partial charge in [-0.15, -0.1) is 0 Å². The van der Waals surface area contributed by atoms with Gasteiger partial charge in [-0.1, -0.05) is 12.1 Å². The molecule has 0 unspecified atom stereocenters. The molecule has 1 aliphatic heterocycles. The van der Waals surface area contributed by atoms with Gasteiger partial charge in [0.15, 0.2) is 11.6 Å². The standard InChI is InChI=1S/C14H14FN3O/c1-9-3-2-4-12(13(9)15)19-14-10-7-16-6-5-11(10)17-8-18-14/h2-4,8,16H,5-7H2,1H3. The predicted molar refractivity (Wildman–Crippen MR) is 68.7 cm³/mol. The van der Waals surface area contributed by atoms with E-state index in [1.165, 1.54) is 6.33 Å². The molecule has 0 atom stereocenters. The normalized spacial score (nSPS) is 14.0. The molecule has 0 fully saturated rings. The molecule has 3 rings (SSSR count). The first kappa shape index (κ1) is 12.0. The molecule has 0 saturated heterocycles. The van der Waals surface area contributed by atoms with Gasteiger partial charge in [0.25, 0.3) is 0 Å². The lowest BCUT2D eigenvalue weighted by Crippen LogP contribution is -2.25. The van der Waals surface area contributed by atoms with Crippen molar-refractivity contribution in [1.29, 1.82) is 0 Å². The zero-order chi connectivity index (χ0) is 13.2. The van der Waals surface area contributed by atoms with Crippen molar-refractivity contribution in [2.75, 3.05) is 6.54 Å². The van der Waals surface area contributed by atoms with Crippen molar-refractivity contribution in [3.05, 3.63) is 47.2 Å². The fourth-order valence-corrected chi connectivity index (χ4v) is 2.13. The van der Waals surface area contributed by atoms with Gasteiger partial charge in [-0.05, 0) is 18.6 Å². The number of hydrogen-bond acceptors (Lipinski definition) is 4. The number of rotatable bonds is 2. The third-order valence-electron chi connectivity index (χ3n) is 3.20. The average Bonchev–Trinajstić information content (AvgIpc) is 2.44. The van der Waals surface area contributed by atoms with E-state index in [-0.39, 0.29) is 11.6 Å². The summed E-state index contributed by atoms with van der Waals surface area (Å²) in [6.07, 6.45) is 2.30. The maximum Gasteiger partial charge on any atom is 0.227 e. The quantitative estimate of drug-likeness (QED) is 0.899. The zero-order valence-electron chi connectivity index (χ0n) is 10.6. The highest BCUT2D eigenvalue weighted by molar-refractivity contribution is 5.37. The summed E-state index contributed by atoms with van der Waals surface area (Å²) in [5, 5.41) is 3.24. The van der Waals surface area contributed by atoms with Crippen molar-refractivity contribution in [1.82, 2.24) is 15.3 Å². The van der Waals surface area contributed by atoms with Gasteiger partial charge in [0.1, 0.15) is 6.33 Å². The second-order valence-electron chi connectivity index (χ2n) is 4.52. The Balaban J connectivity index is 1.97. The summed E-state index contributed by atoms with van der Waals surface area (Å²) >= 11 is 0. The maximum atomic E-state index is 13.9. The Labute approximate surface area is 110 Å². The molecule has 2 heterocycles. The van der Waals surface area contributed by atoms with Crippen LogP contribution in [-0.2, 0) is 13.0 Å². The highest BCUT2D eigenvalue weighted by Crippen LogP contribution is 2.28. The van der Waals surface area contributed by atoms with Crippen LogP contribution in [0.5, 0.6) is 11.6 Å². The molecule has 98 valence electrons. The van der Waals surface area contributed by atoms with Crippen molar-refractivity contribution >= 4 is 0 Å². The Bertz CT molecular complexity index is 616. The number of aryl methyl sites for hydroxylation is 1. The summed E-state index contributed by atoms with van der Waals surface area (Å²) in [5.41, 5.74) is 2.44. The van der Waals surface area contributed by atoms with E-state index in [1.807, 2.05) is 0 Å². The van der Waals surface area contributed by atoms with E-state index in [0.29, 0.717) is 18.0 Å². The number of halogens is 1. The van der Waals surface area contributed by atoms with Crippen molar-refractivity contribution in [3.63, 3.8) is 0 Å². The van der Waals surface area contributed by atoms with Gasteiger partial charge in [0.2, 0.25) is 5.88 Å². The van der Waals surface area contributed by atoms with Crippen molar-refractivity contribution in [2.45, 2.75) is 19.9 Å². The summed E-state index contributed by atoms with van der Waals surface area (Å²) in [4.78, 5) is 8.35. The van der Waals surface area contributed by atoms with Gasteiger partial charge < -0.3 is 10.1 Å². The van der Waals surface area contributed by atoms with E-state index in [4.69, 9.17) is 4.74 Å². The van der Waals surface area contributed by atoms with Crippen LogP contribution in [0.25, 0.3) is 0 Å². The van der Waals surface area contributed by atoms with E-state index in [0.717, 1.165) is 24.2 Å². The van der Waals surface area contributed by atoms with E-state index in [9.17, 15) is 4.39 Å². The Kier molecular flexibility index (Phi) is 3.13. The average molecular weight is 259 g/mol. The lowest BCUT2D eigenvalue weighted by molar-refractivity contribution is 0.413. The van der Waals surface area contributed by atoms with E-state index in [1.54, 1.807) is 25.1 Å². The first-order chi connectivity index (χ1) is 9.25. The Hall–Kier alpha value is -2.01. The second-order valence-corrected chi connectivity index (χ2v) is 4.52. The van der Waals surface area contributed by atoms with E-state index in [2.05, 4.69) is 15.3 Å². The minimum Gasteiger partial charge on any atom is -0.435 e. The molecule has 0 bridgehead atoms. The second kappa shape index (κ2) is 4.93.